The largest absolute Gasteiger partial charge is 0.380 e. The quantitative estimate of drug-likeness (QED) is 0.723. The molecule has 0 spiro atoms. The Morgan fingerprint density at radius 3 is 2.17 bits per heavy atom. The molecule has 0 aliphatic carbocycles. The van der Waals surface area contributed by atoms with Gasteiger partial charge in [-0.3, -0.25) is 4.79 Å². The van der Waals surface area contributed by atoms with E-state index < -0.39 is 17.7 Å². The molecule has 1 N–H and O–H groups in total. The summed E-state index contributed by atoms with van der Waals surface area (Å²) in [6.07, 6.45) is -0.380. The summed E-state index contributed by atoms with van der Waals surface area (Å²) < 4.78 is 24.9. The molecule has 1 aromatic rings. The molecule has 1 rings (SSSR count). The van der Waals surface area contributed by atoms with Crippen LogP contribution >= 0.6 is 0 Å². The maximum atomic E-state index is 12.4. The molecule has 0 saturated heterocycles. The van der Waals surface area contributed by atoms with Crippen LogP contribution in [0.3, 0.4) is 0 Å². The molecule has 1 atom stereocenters. The Kier molecular flexibility index (Phi) is 2.50. The van der Waals surface area contributed by atoms with Crippen LogP contribution in [0.4, 0.5) is 8.78 Å². The molecular weight excluding hydrogens is 166 g/mol. The smallest absolute Gasteiger partial charge is 0.234 e. The summed E-state index contributed by atoms with van der Waals surface area (Å²) >= 11 is 0. The highest BCUT2D eigenvalue weighted by Crippen LogP contribution is 2.13. The fraction of sp³-hybridized carbons (Fsp3) is 0.125. The van der Waals surface area contributed by atoms with Gasteiger partial charge in [-0.1, -0.05) is 0 Å². The molecule has 2 nitrogen and oxygen atoms in total. The highest BCUT2D eigenvalue weighted by Gasteiger charge is 2.09. The number of benzene rings is 1. The Bertz CT molecular complexity index is 279. The van der Waals surface area contributed by atoms with Gasteiger partial charge in [-0.2, -0.15) is 0 Å². The summed E-state index contributed by atoms with van der Waals surface area (Å²) in [6, 6.07) is 2.40. The molecule has 0 unspecified atom stereocenters. The molecule has 0 bridgehead atoms. The minimum absolute atomic E-state index is 0.137. The lowest BCUT2D eigenvalue weighted by Gasteiger charge is -2.01. The molecule has 4 heteroatoms. The van der Waals surface area contributed by atoms with Gasteiger partial charge in [-0.05, 0) is 17.7 Å². The molecule has 1 aromatic carbocycles. The van der Waals surface area contributed by atoms with Crippen molar-refractivity contribution in [3.8, 4) is 0 Å². The standard InChI is InChI=1S/C8H5F2O2/c9-6-1-5(8(12)4-11)2-7(10)3-6/h1-3,8,12H/t8-/m0/s1. The van der Waals surface area contributed by atoms with E-state index in [2.05, 4.69) is 0 Å². The fourth-order valence-corrected chi connectivity index (χ4v) is 0.801. The summed E-state index contributed by atoms with van der Waals surface area (Å²) in [6.45, 7) is 0. The molecule has 0 amide bonds. The number of halogens is 2. The first-order chi connectivity index (χ1) is 5.63. The number of carbonyl (C=O) groups excluding carboxylic acids is 1. The van der Waals surface area contributed by atoms with E-state index in [1.54, 1.807) is 0 Å². The number of aliphatic hydroxyl groups is 1. The first kappa shape index (κ1) is 8.80. The maximum absolute atomic E-state index is 12.4. The highest BCUT2D eigenvalue weighted by atomic mass is 19.1. The SMILES string of the molecule is O=[C][C@H](O)c1cc(F)cc(F)c1. The summed E-state index contributed by atoms with van der Waals surface area (Å²) in [5.41, 5.74) is -0.137. The third-order valence-corrected chi connectivity index (χ3v) is 1.31. The van der Waals surface area contributed by atoms with E-state index in [1.165, 1.54) is 6.29 Å². The Morgan fingerprint density at radius 2 is 1.75 bits per heavy atom. The van der Waals surface area contributed by atoms with Gasteiger partial charge in [0.1, 0.15) is 17.7 Å². The van der Waals surface area contributed by atoms with Crippen LogP contribution in [0.1, 0.15) is 11.7 Å². The Labute approximate surface area is 67.4 Å². The van der Waals surface area contributed by atoms with Gasteiger partial charge in [0.15, 0.2) is 0 Å². The molecule has 0 fully saturated rings. The monoisotopic (exact) mass is 171 g/mol. The molecule has 12 heavy (non-hydrogen) atoms. The number of aliphatic hydroxyl groups excluding tert-OH is 1. The molecule has 1 radical (unpaired) electrons. The van der Waals surface area contributed by atoms with Gasteiger partial charge in [0, 0.05) is 6.07 Å². The van der Waals surface area contributed by atoms with E-state index in [0.29, 0.717) is 6.07 Å². The van der Waals surface area contributed by atoms with E-state index >= 15 is 0 Å². The summed E-state index contributed by atoms with van der Waals surface area (Å²) in [4.78, 5) is 9.91. The van der Waals surface area contributed by atoms with Gasteiger partial charge in [-0.15, -0.1) is 0 Å². The van der Waals surface area contributed by atoms with Crippen molar-refractivity contribution in [2.45, 2.75) is 6.10 Å². The van der Waals surface area contributed by atoms with E-state index in [0.717, 1.165) is 12.1 Å². The minimum Gasteiger partial charge on any atom is -0.380 e. The van der Waals surface area contributed by atoms with Crippen LogP contribution in [0.2, 0.25) is 0 Å². The van der Waals surface area contributed by atoms with Gasteiger partial charge in [0.05, 0.1) is 0 Å². The second-order valence-electron chi connectivity index (χ2n) is 2.22. The first-order valence-electron chi connectivity index (χ1n) is 3.15. The molecule has 0 aliphatic rings. The summed E-state index contributed by atoms with van der Waals surface area (Å²) in [7, 11) is 0. The third-order valence-electron chi connectivity index (χ3n) is 1.31. The molecule has 0 aromatic heterocycles. The third kappa shape index (κ3) is 1.85. The predicted molar refractivity (Wildman–Crippen MR) is 37.0 cm³/mol. The van der Waals surface area contributed by atoms with Gasteiger partial charge in [0.2, 0.25) is 6.29 Å². The zero-order chi connectivity index (χ0) is 9.14. The lowest BCUT2D eigenvalue weighted by atomic mass is 10.1. The van der Waals surface area contributed by atoms with Crippen molar-refractivity contribution in [3.05, 3.63) is 35.4 Å². The van der Waals surface area contributed by atoms with Crippen molar-refractivity contribution in [1.82, 2.24) is 0 Å². The van der Waals surface area contributed by atoms with E-state index in [-0.39, 0.29) is 5.56 Å². The van der Waals surface area contributed by atoms with Crippen molar-refractivity contribution in [2.75, 3.05) is 0 Å². The first-order valence-corrected chi connectivity index (χ1v) is 3.15. The Morgan fingerprint density at radius 1 is 1.25 bits per heavy atom. The molecule has 63 valence electrons. The molecule has 0 aliphatic heterocycles. The molecule has 0 heterocycles. The highest BCUT2D eigenvalue weighted by molar-refractivity contribution is 5.60. The summed E-state index contributed by atoms with van der Waals surface area (Å²) in [5.74, 6) is -1.67. The van der Waals surface area contributed by atoms with Crippen LogP contribution in [0.5, 0.6) is 0 Å². The zero-order valence-corrected chi connectivity index (χ0v) is 5.92. The average Bonchev–Trinajstić information content (AvgIpc) is 2.01. The lowest BCUT2D eigenvalue weighted by molar-refractivity contribution is 0.239. The van der Waals surface area contributed by atoms with E-state index in [1.807, 2.05) is 0 Å². The van der Waals surface area contributed by atoms with E-state index in [4.69, 9.17) is 5.11 Å². The normalized spacial score (nSPS) is 12.6. The second-order valence-corrected chi connectivity index (χ2v) is 2.22. The van der Waals surface area contributed by atoms with Gasteiger partial charge in [0.25, 0.3) is 0 Å². The van der Waals surface area contributed by atoms with Crippen LogP contribution < -0.4 is 0 Å². The lowest BCUT2D eigenvalue weighted by Crippen LogP contribution is -1.99. The van der Waals surface area contributed by atoms with Gasteiger partial charge < -0.3 is 5.11 Å². The van der Waals surface area contributed by atoms with Gasteiger partial charge in [-0.25, -0.2) is 8.78 Å². The van der Waals surface area contributed by atoms with Crippen molar-refractivity contribution in [3.63, 3.8) is 0 Å². The van der Waals surface area contributed by atoms with Gasteiger partial charge >= 0.3 is 0 Å². The van der Waals surface area contributed by atoms with E-state index in [9.17, 15) is 13.6 Å². The predicted octanol–water partition coefficient (Wildman–Crippen LogP) is 1.11. The zero-order valence-electron chi connectivity index (χ0n) is 5.92. The van der Waals surface area contributed by atoms with Crippen molar-refractivity contribution < 1.29 is 18.7 Å². The molecule has 0 saturated carbocycles. The van der Waals surface area contributed by atoms with Crippen LogP contribution in [-0.2, 0) is 4.79 Å². The van der Waals surface area contributed by atoms with Crippen LogP contribution in [0.25, 0.3) is 0 Å². The molecular formula is C8H5F2O2. The maximum Gasteiger partial charge on any atom is 0.234 e. The number of hydrogen-bond donors (Lipinski definition) is 1. The van der Waals surface area contributed by atoms with Crippen LogP contribution in [0, 0.1) is 11.6 Å². The average molecular weight is 171 g/mol. The van der Waals surface area contributed by atoms with Crippen molar-refractivity contribution in [1.29, 1.82) is 0 Å². The van der Waals surface area contributed by atoms with Crippen molar-refractivity contribution in [2.24, 2.45) is 0 Å². The van der Waals surface area contributed by atoms with Crippen molar-refractivity contribution >= 4 is 6.29 Å². The van der Waals surface area contributed by atoms with Crippen LogP contribution in [-0.4, -0.2) is 11.4 Å². The fourth-order valence-electron chi connectivity index (χ4n) is 0.801. The second kappa shape index (κ2) is 3.40. The number of rotatable bonds is 2. The Hall–Kier alpha value is -1.29. The topological polar surface area (TPSA) is 37.3 Å². The Balaban J connectivity index is 3.08. The minimum atomic E-state index is -1.59. The summed E-state index contributed by atoms with van der Waals surface area (Å²) in [5, 5.41) is 8.82. The van der Waals surface area contributed by atoms with Crippen LogP contribution in [0.15, 0.2) is 18.2 Å². The number of hydrogen-bond acceptors (Lipinski definition) is 2.